The van der Waals surface area contributed by atoms with E-state index in [0.29, 0.717) is 43.9 Å². The molecule has 11 nitrogen and oxygen atoms in total. The van der Waals surface area contributed by atoms with Gasteiger partial charge in [0, 0.05) is 5.70 Å². The van der Waals surface area contributed by atoms with Gasteiger partial charge in [0.15, 0.2) is 18.1 Å². The van der Waals surface area contributed by atoms with E-state index in [1.807, 2.05) is 36.4 Å². The standard InChI is InChI=1S/C35H32Br2N4O7/c1-4-46-34(43)31-20(2)39-35(44)40-32(31)23-12-13-28(29(16-23)45-3)47-19-30(42)41-38-17-21-14-26(36)33(27(37)15-21)48-18-24-10-7-9-22-8-5-6-11-25(22)24/h5-17,32H,4,18-19H2,1-3H3,(H,41,42)(H2,39,40,44)/b38-17-/t32-/m0/s1. The van der Waals surface area contributed by atoms with Crippen molar-refractivity contribution in [1.29, 1.82) is 0 Å². The number of carbonyl (C=O) groups is 3. The summed E-state index contributed by atoms with van der Waals surface area (Å²) in [7, 11) is 1.45. The van der Waals surface area contributed by atoms with Crippen LogP contribution < -0.4 is 30.3 Å². The molecule has 4 aromatic rings. The molecule has 1 aliphatic heterocycles. The van der Waals surface area contributed by atoms with E-state index in [9.17, 15) is 14.4 Å². The molecule has 1 atom stereocenters. The van der Waals surface area contributed by atoms with Gasteiger partial charge in [-0.25, -0.2) is 15.0 Å². The van der Waals surface area contributed by atoms with Crippen LogP contribution in [0.15, 0.2) is 98.1 Å². The van der Waals surface area contributed by atoms with Crippen LogP contribution in [0.5, 0.6) is 17.2 Å². The van der Waals surface area contributed by atoms with Crippen LogP contribution in [-0.2, 0) is 20.9 Å². The van der Waals surface area contributed by atoms with Crippen LogP contribution in [0, 0.1) is 0 Å². The number of nitrogens with zero attached hydrogens (tertiary/aromatic N) is 1. The van der Waals surface area contributed by atoms with E-state index in [1.165, 1.54) is 13.3 Å². The Kier molecular flexibility index (Phi) is 11.3. The molecule has 0 spiro atoms. The Hall–Kier alpha value is -4.88. The zero-order valence-corrected chi connectivity index (χ0v) is 29.4. The third-order valence-corrected chi connectivity index (χ3v) is 8.50. The number of allylic oxidation sites excluding steroid dienone is 1. The predicted molar refractivity (Wildman–Crippen MR) is 188 cm³/mol. The number of hydrazone groups is 1. The Bertz CT molecular complexity index is 1900. The molecule has 0 bridgehead atoms. The third-order valence-electron chi connectivity index (χ3n) is 7.32. The van der Waals surface area contributed by atoms with Crippen molar-refractivity contribution < 1.29 is 33.3 Å². The molecule has 4 aromatic carbocycles. The molecular formula is C35H32Br2N4O7. The van der Waals surface area contributed by atoms with Gasteiger partial charge in [0.05, 0.1) is 40.5 Å². The summed E-state index contributed by atoms with van der Waals surface area (Å²) in [5.74, 6) is 0.174. The maximum atomic E-state index is 12.6. The number of nitrogens with one attached hydrogen (secondary N) is 3. The van der Waals surface area contributed by atoms with Gasteiger partial charge >= 0.3 is 12.0 Å². The largest absolute Gasteiger partial charge is 0.493 e. The van der Waals surface area contributed by atoms with Crippen molar-refractivity contribution in [2.75, 3.05) is 20.3 Å². The summed E-state index contributed by atoms with van der Waals surface area (Å²) in [6.07, 6.45) is 1.50. The molecule has 0 radical (unpaired) electrons. The number of fused-ring (bicyclic) bond motifs is 1. The quantitative estimate of drug-likeness (QED) is 0.0830. The minimum absolute atomic E-state index is 0.183. The van der Waals surface area contributed by atoms with E-state index in [1.54, 1.807) is 32.0 Å². The molecule has 0 fully saturated rings. The van der Waals surface area contributed by atoms with Gasteiger partial charge in [-0.15, -0.1) is 0 Å². The number of ether oxygens (including phenoxy) is 4. The number of esters is 1. The number of rotatable bonds is 12. The number of benzene rings is 4. The molecule has 0 unspecified atom stereocenters. The second-order valence-corrected chi connectivity index (χ2v) is 12.2. The summed E-state index contributed by atoms with van der Waals surface area (Å²) in [6.45, 7) is 3.55. The fourth-order valence-corrected chi connectivity index (χ4v) is 6.57. The summed E-state index contributed by atoms with van der Waals surface area (Å²) in [6, 6.07) is 21.6. The molecule has 0 saturated carbocycles. The first-order valence-corrected chi connectivity index (χ1v) is 16.4. The second-order valence-electron chi connectivity index (χ2n) is 10.5. The molecule has 0 aliphatic carbocycles. The third kappa shape index (κ3) is 8.15. The fourth-order valence-electron chi connectivity index (χ4n) is 5.12. The zero-order chi connectivity index (χ0) is 34.2. The minimum atomic E-state index is -0.775. The molecule has 5 rings (SSSR count). The summed E-state index contributed by atoms with van der Waals surface area (Å²) in [4.78, 5) is 37.4. The van der Waals surface area contributed by atoms with Gasteiger partial charge in [0.2, 0.25) is 0 Å². The van der Waals surface area contributed by atoms with Gasteiger partial charge in [-0.1, -0.05) is 48.5 Å². The van der Waals surface area contributed by atoms with Crippen molar-refractivity contribution in [3.63, 3.8) is 0 Å². The Morgan fingerprint density at radius 2 is 1.73 bits per heavy atom. The highest BCUT2D eigenvalue weighted by molar-refractivity contribution is 9.11. The maximum absolute atomic E-state index is 12.6. The first-order valence-electron chi connectivity index (χ1n) is 14.8. The van der Waals surface area contributed by atoms with Crippen LogP contribution in [0.2, 0.25) is 0 Å². The normalized spacial score (nSPS) is 14.4. The SMILES string of the molecule is CCOC(=O)C1=C(C)NC(=O)N[C@H]1c1ccc(OCC(=O)N/N=C\c2cc(Br)c(OCc3cccc4ccccc34)c(Br)c2)c(OC)c1. The van der Waals surface area contributed by atoms with Gasteiger partial charge < -0.3 is 29.6 Å². The maximum Gasteiger partial charge on any atom is 0.338 e. The summed E-state index contributed by atoms with van der Waals surface area (Å²) in [5, 5.41) is 11.7. The Balaban J connectivity index is 1.18. The number of hydrogen-bond acceptors (Lipinski definition) is 8. The van der Waals surface area contributed by atoms with Crippen molar-refractivity contribution in [3.8, 4) is 17.2 Å². The van der Waals surface area contributed by atoms with Gasteiger partial charge in [0.1, 0.15) is 12.4 Å². The van der Waals surface area contributed by atoms with Crippen molar-refractivity contribution >= 4 is 66.8 Å². The fraction of sp³-hybridized carbons (Fsp3) is 0.200. The Labute approximate surface area is 293 Å². The van der Waals surface area contributed by atoms with Gasteiger partial charge in [-0.05, 0) is 97.4 Å². The van der Waals surface area contributed by atoms with E-state index in [0.717, 1.165) is 16.3 Å². The number of hydrogen-bond donors (Lipinski definition) is 3. The number of carbonyl (C=O) groups excluding carboxylic acids is 3. The monoisotopic (exact) mass is 778 g/mol. The topological polar surface area (TPSA) is 137 Å². The first kappa shape index (κ1) is 34.5. The predicted octanol–water partition coefficient (Wildman–Crippen LogP) is 6.67. The van der Waals surface area contributed by atoms with E-state index >= 15 is 0 Å². The molecule has 48 heavy (non-hydrogen) atoms. The average Bonchev–Trinajstić information content (AvgIpc) is 3.06. The Morgan fingerprint density at radius 3 is 2.48 bits per heavy atom. The summed E-state index contributed by atoms with van der Waals surface area (Å²) >= 11 is 7.15. The van der Waals surface area contributed by atoms with E-state index in [4.69, 9.17) is 18.9 Å². The highest BCUT2D eigenvalue weighted by Gasteiger charge is 2.32. The van der Waals surface area contributed by atoms with Crippen LogP contribution in [0.4, 0.5) is 4.79 Å². The lowest BCUT2D eigenvalue weighted by Crippen LogP contribution is -2.45. The zero-order valence-electron chi connectivity index (χ0n) is 26.3. The van der Waals surface area contributed by atoms with E-state index in [2.05, 4.69) is 71.2 Å². The van der Waals surface area contributed by atoms with Crippen molar-refractivity contribution in [2.24, 2.45) is 5.10 Å². The smallest absolute Gasteiger partial charge is 0.338 e. The lowest BCUT2D eigenvalue weighted by atomic mass is 9.95. The molecule has 248 valence electrons. The average molecular weight is 780 g/mol. The Morgan fingerprint density at radius 1 is 0.979 bits per heavy atom. The molecule has 0 saturated heterocycles. The molecular weight excluding hydrogens is 748 g/mol. The van der Waals surface area contributed by atoms with Crippen LogP contribution in [0.1, 0.15) is 36.6 Å². The van der Waals surface area contributed by atoms with Crippen LogP contribution in [-0.4, -0.2) is 44.4 Å². The van der Waals surface area contributed by atoms with Crippen molar-refractivity contribution in [2.45, 2.75) is 26.5 Å². The second kappa shape index (κ2) is 15.8. The number of urea groups is 1. The molecule has 3 amide bonds. The first-order chi connectivity index (χ1) is 23.2. The number of amides is 3. The lowest BCUT2D eigenvalue weighted by molar-refractivity contribution is -0.139. The van der Waals surface area contributed by atoms with Crippen LogP contribution in [0.25, 0.3) is 10.8 Å². The molecule has 1 aliphatic rings. The summed E-state index contributed by atoms with van der Waals surface area (Å²) < 4.78 is 23.9. The van der Waals surface area contributed by atoms with E-state index in [-0.39, 0.29) is 24.5 Å². The number of halogens is 2. The highest BCUT2D eigenvalue weighted by Crippen LogP contribution is 2.36. The molecule has 0 aromatic heterocycles. The summed E-state index contributed by atoms with van der Waals surface area (Å²) in [5.41, 5.74) is 5.45. The van der Waals surface area contributed by atoms with Gasteiger partial charge in [0.25, 0.3) is 5.91 Å². The lowest BCUT2D eigenvalue weighted by Gasteiger charge is -2.28. The molecule has 3 N–H and O–H groups in total. The van der Waals surface area contributed by atoms with Crippen molar-refractivity contribution in [1.82, 2.24) is 16.1 Å². The molecule has 13 heteroatoms. The number of methoxy groups -OCH3 is 1. The van der Waals surface area contributed by atoms with Gasteiger partial charge in [-0.2, -0.15) is 5.10 Å². The van der Waals surface area contributed by atoms with Gasteiger partial charge in [-0.3, -0.25) is 4.79 Å². The van der Waals surface area contributed by atoms with Crippen LogP contribution >= 0.6 is 31.9 Å². The minimum Gasteiger partial charge on any atom is -0.493 e. The van der Waals surface area contributed by atoms with Crippen molar-refractivity contribution in [3.05, 3.63) is 110 Å². The van der Waals surface area contributed by atoms with E-state index < -0.39 is 23.9 Å². The van der Waals surface area contributed by atoms with Crippen LogP contribution in [0.3, 0.4) is 0 Å². The molecule has 1 heterocycles. The highest BCUT2D eigenvalue weighted by atomic mass is 79.9.